The van der Waals surface area contributed by atoms with Crippen molar-refractivity contribution in [3.63, 3.8) is 0 Å². The van der Waals surface area contributed by atoms with Gasteiger partial charge in [0.25, 0.3) is 0 Å². The second-order valence-electron chi connectivity index (χ2n) is 4.13. The van der Waals surface area contributed by atoms with E-state index < -0.39 is 5.92 Å². The lowest BCUT2D eigenvalue weighted by molar-refractivity contribution is -0.132. The van der Waals surface area contributed by atoms with Gasteiger partial charge in [0.05, 0.1) is 17.5 Å². The van der Waals surface area contributed by atoms with Gasteiger partial charge >= 0.3 is 0 Å². The van der Waals surface area contributed by atoms with Crippen molar-refractivity contribution >= 4 is 23.1 Å². The van der Waals surface area contributed by atoms with Gasteiger partial charge in [0.15, 0.2) is 0 Å². The fourth-order valence-electron chi connectivity index (χ4n) is 1.69. The lowest BCUT2D eigenvalue weighted by atomic mass is 9.98. The molecule has 0 aliphatic heterocycles. The van der Waals surface area contributed by atoms with Crippen LogP contribution in [-0.4, -0.2) is 41.1 Å². The number of thiocarbonyl (C=S) groups is 1. The molecule has 1 rings (SSSR count). The first-order valence-corrected chi connectivity index (χ1v) is 6.16. The van der Waals surface area contributed by atoms with Crippen LogP contribution in [0.4, 0.5) is 0 Å². The van der Waals surface area contributed by atoms with Crippen LogP contribution in [0.1, 0.15) is 5.56 Å². The third-order valence-electron chi connectivity index (χ3n) is 2.74. The molecule has 18 heavy (non-hydrogen) atoms. The van der Waals surface area contributed by atoms with Crippen molar-refractivity contribution in [1.82, 2.24) is 4.90 Å². The van der Waals surface area contributed by atoms with E-state index in [2.05, 4.69) is 0 Å². The monoisotopic (exact) mass is 266 g/mol. The second-order valence-corrected chi connectivity index (χ2v) is 4.60. The highest BCUT2D eigenvalue weighted by atomic mass is 32.1. The minimum atomic E-state index is -0.515. The molecule has 1 amide bonds. The molecule has 98 valence electrons. The molecule has 5 heteroatoms. The molecule has 0 saturated carbocycles. The molecule has 0 spiro atoms. The Kier molecular flexibility index (Phi) is 5.74. The zero-order valence-electron chi connectivity index (χ0n) is 10.4. The minimum absolute atomic E-state index is 0.0718. The number of likely N-dealkylation sites (N-methyl/N-ethyl adjacent to an activating group) is 1. The number of hydrogen-bond acceptors (Lipinski definition) is 3. The van der Waals surface area contributed by atoms with Gasteiger partial charge < -0.3 is 15.7 Å². The summed E-state index contributed by atoms with van der Waals surface area (Å²) in [7, 11) is 1.63. The van der Waals surface area contributed by atoms with Crippen LogP contribution in [0, 0.1) is 5.92 Å². The van der Waals surface area contributed by atoms with Crippen LogP contribution in [0.2, 0.25) is 0 Å². The molecule has 1 atom stereocenters. The number of nitrogens with two attached hydrogens (primary N) is 1. The van der Waals surface area contributed by atoms with Crippen LogP contribution in [0.3, 0.4) is 0 Å². The van der Waals surface area contributed by atoms with Gasteiger partial charge in [-0.1, -0.05) is 42.5 Å². The zero-order chi connectivity index (χ0) is 13.5. The number of aliphatic hydroxyl groups excluding tert-OH is 1. The van der Waals surface area contributed by atoms with E-state index in [0.717, 1.165) is 5.56 Å². The summed E-state index contributed by atoms with van der Waals surface area (Å²) in [6.07, 6.45) is 0.491. The van der Waals surface area contributed by atoms with Gasteiger partial charge in [0.2, 0.25) is 5.91 Å². The average molecular weight is 266 g/mol. The predicted molar refractivity (Wildman–Crippen MR) is 75.1 cm³/mol. The third-order valence-corrected chi connectivity index (χ3v) is 3.02. The van der Waals surface area contributed by atoms with Crippen molar-refractivity contribution in [3.05, 3.63) is 35.9 Å². The molecular formula is C13H18N2O2S. The van der Waals surface area contributed by atoms with Crippen LogP contribution in [0.5, 0.6) is 0 Å². The molecule has 0 saturated heterocycles. The van der Waals surface area contributed by atoms with Crippen LogP contribution in [0.15, 0.2) is 30.3 Å². The number of aliphatic hydroxyl groups is 1. The Morgan fingerprint density at radius 3 is 2.56 bits per heavy atom. The Hall–Kier alpha value is -1.46. The van der Waals surface area contributed by atoms with E-state index in [1.54, 1.807) is 7.05 Å². The number of nitrogens with zero attached hydrogens (tertiary/aromatic N) is 1. The van der Waals surface area contributed by atoms with E-state index in [0.29, 0.717) is 6.42 Å². The van der Waals surface area contributed by atoms with Crippen molar-refractivity contribution < 1.29 is 9.90 Å². The first-order chi connectivity index (χ1) is 8.56. The highest BCUT2D eigenvalue weighted by molar-refractivity contribution is 7.80. The van der Waals surface area contributed by atoms with E-state index in [-0.39, 0.29) is 24.0 Å². The van der Waals surface area contributed by atoms with Gasteiger partial charge in [-0.05, 0) is 12.0 Å². The summed E-state index contributed by atoms with van der Waals surface area (Å²) in [6, 6.07) is 9.61. The van der Waals surface area contributed by atoms with Crippen molar-refractivity contribution in [3.8, 4) is 0 Å². The summed E-state index contributed by atoms with van der Waals surface area (Å²) in [4.78, 5) is 13.8. The van der Waals surface area contributed by atoms with Crippen molar-refractivity contribution in [2.75, 3.05) is 20.2 Å². The van der Waals surface area contributed by atoms with E-state index in [4.69, 9.17) is 23.1 Å². The summed E-state index contributed by atoms with van der Waals surface area (Å²) in [5, 5.41) is 8.84. The fraction of sp³-hybridized carbons (Fsp3) is 0.385. The standard InChI is InChI=1S/C13H18N2O2S/c1-15(7-8-16)13(17)11(12(14)18)9-10-5-3-2-4-6-10/h2-6,11,16H,7-9H2,1H3,(H2,14,18). The number of hydrogen-bond donors (Lipinski definition) is 2. The maximum atomic E-state index is 12.1. The average Bonchev–Trinajstić information content (AvgIpc) is 2.36. The lowest BCUT2D eigenvalue weighted by Crippen LogP contribution is -2.41. The molecule has 0 aromatic heterocycles. The van der Waals surface area contributed by atoms with Gasteiger partial charge in [-0.2, -0.15) is 0 Å². The second kappa shape index (κ2) is 7.08. The van der Waals surface area contributed by atoms with Crippen molar-refractivity contribution in [1.29, 1.82) is 0 Å². The first-order valence-electron chi connectivity index (χ1n) is 5.75. The van der Waals surface area contributed by atoms with Crippen molar-refractivity contribution in [2.45, 2.75) is 6.42 Å². The Morgan fingerprint density at radius 2 is 2.06 bits per heavy atom. The SMILES string of the molecule is CN(CCO)C(=O)C(Cc1ccccc1)C(N)=S. The first kappa shape index (κ1) is 14.6. The molecule has 1 unspecified atom stereocenters. The maximum Gasteiger partial charge on any atom is 0.232 e. The molecule has 0 heterocycles. The molecule has 0 aliphatic carbocycles. The van der Waals surface area contributed by atoms with E-state index in [9.17, 15) is 4.79 Å². The highest BCUT2D eigenvalue weighted by Crippen LogP contribution is 2.12. The Bertz CT molecular complexity index is 409. The number of carbonyl (C=O) groups is 1. The number of benzene rings is 1. The quantitative estimate of drug-likeness (QED) is 0.739. The Labute approximate surface area is 112 Å². The molecular weight excluding hydrogens is 248 g/mol. The van der Waals surface area contributed by atoms with Gasteiger partial charge in [0, 0.05) is 13.6 Å². The lowest BCUT2D eigenvalue weighted by Gasteiger charge is -2.22. The largest absolute Gasteiger partial charge is 0.395 e. The van der Waals surface area contributed by atoms with Gasteiger partial charge in [-0.25, -0.2) is 0 Å². The minimum Gasteiger partial charge on any atom is -0.395 e. The molecule has 0 radical (unpaired) electrons. The number of carbonyl (C=O) groups excluding carboxylic acids is 1. The summed E-state index contributed by atoms with van der Waals surface area (Å²) in [6.45, 7) is 0.213. The molecule has 0 aliphatic rings. The Balaban J connectivity index is 2.77. The Morgan fingerprint density at radius 1 is 1.44 bits per heavy atom. The molecule has 4 nitrogen and oxygen atoms in total. The molecule has 0 fully saturated rings. The highest BCUT2D eigenvalue weighted by Gasteiger charge is 2.24. The molecule has 1 aromatic rings. The molecule has 0 bridgehead atoms. The maximum absolute atomic E-state index is 12.1. The predicted octanol–water partition coefficient (Wildman–Crippen LogP) is 0.582. The summed E-state index contributed by atoms with van der Waals surface area (Å²) in [5.74, 6) is -0.667. The van der Waals surface area contributed by atoms with E-state index in [1.165, 1.54) is 4.90 Å². The summed E-state index contributed by atoms with van der Waals surface area (Å²) < 4.78 is 0. The van der Waals surface area contributed by atoms with Gasteiger partial charge in [0.1, 0.15) is 0 Å². The smallest absolute Gasteiger partial charge is 0.232 e. The van der Waals surface area contributed by atoms with E-state index in [1.807, 2.05) is 30.3 Å². The van der Waals surface area contributed by atoms with Crippen LogP contribution < -0.4 is 5.73 Å². The van der Waals surface area contributed by atoms with Gasteiger partial charge in [-0.15, -0.1) is 0 Å². The van der Waals surface area contributed by atoms with Gasteiger partial charge in [-0.3, -0.25) is 4.79 Å². The van der Waals surface area contributed by atoms with E-state index >= 15 is 0 Å². The zero-order valence-corrected chi connectivity index (χ0v) is 11.2. The third kappa shape index (κ3) is 4.09. The fourth-order valence-corrected chi connectivity index (χ4v) is 1.87. The van der Waals surface area contributed by atoms with Crippen LogP contribution >= 0.6 is 12.2 Å². The van der Waals surface area contributed by atoms with Crippen LogP contribution in [-0.2, 0) is 11.2 Å². The normalized spacial score (nSPS) is 11.9. The number of amides is 1. The van der Waals surface area contributed by atoms with Crippen molar-refractivity contribution in [2.24, 2.45) is 11.7 Å². The number of rotatable bonds is 6. The topological polar surface area (TPSA) is 66.6 Å². The molecule has 3 N–H and O–H groups in total. The summed E-state index contributed by atoms with van der Waals surface area (Å²) >= 11 is 4.96. The molecule has 1 aromatic carbocycles. The van der Waals surface area contributed by atoms with Crippen LogP contribution in [0.25, 0.3) is 0 Å². The summed E-state index contributed by atoms with van der Waals surface area (Å²) in [5.41, 5.74) is 6.66.